The summed E-state index contributed by atoms with van der Waals surface area (Å²) in [5.41, 5.74) is 2.44. The van der Waals surface area contributed by atoms with E-state index < -0.39 is 23.5 Å². The molecule has 1 aliphatic heterocycles. The number of amides is 1. The van der Waals surface area contributed by atoms with Crippen molar-refractivity contribution in [2.45, 2.75) is 46.1 Å². The van der Waals surface area contributed by atoms with Crippen molar-refractivity contribution in [2.24, 2.45) is 0 Å². The molecule has 1 aliphatic rings. The Morgan fingerprint density at radius 1 is 1.11 bits per heavy atom. The smallest absolute Gasteiger partial charge is 0.296 e. The molecule has 2 aromatic heterocycles. The number of ether oxygens (including phenoxy) is 1. The van der Waals surface area contributed by atoms with Crippen molar-refractivity contribution in [1.82, 2.24) is 4.98 Å². The lowest BCUT2D eigenvalue weighted by Gasteiger charge is -2.24. The van der Waals surface area contributed by atoms with Gasteiger partial charge in [0.25, 0.3) is 5.91 Å². The summed E-state index contributed by atoms with van der Waals surface area (Å²) < 4.78 is 12.3. The molecule has 1 unspecified atom stereocenters. The number of rotatable bonds is 9. The first-order chi connectivity index (χ1) is 17.9. The van der Waals surface area contributed by atoms with E-state index in [2.05, 4.69) is 11.9 Å². The highest BCUT2D eigenvalue weighted by molar-refractivity contribution is 7.22. The minimum Gasteiger partial charge on any atom is -0.503 e. The van der Waals surface area contributed by atoms with Crippen LogP contribution in [0.3, 0.4) is 0 Å². The molecule has 0 spiro atoms. The normalized spacial score (nSPS) is 15.7. The second-order valence-corrected chi connectivity index (χ2v) is 10.2. The molecule has 1 amide bonds. The van der Waals surface area contributed by atoms with Crippen LogP contribution in [0, 0.1) is 13.8 Å². The molecular weight excluding hydrogens is 488 g/mol. The topological polar surface area (TPSA) is 92.9 Å². The average Bonchev–Trinajstić information content (AvgIpc) is 3.58. The molecule has 0 bridgehead atoms. The number of carbonyl (C=O) groups is 2. The van der Waals surface area contributed by atoms with Crippen LogP contribution in [0.2, 0.25) is 0 Å². The number of hydrogen-bond donors (Lipinski definition) is 1. The van der Waals surface area contributed by atoms with E-state index in [1.807, 2.05) is 49.4 Å². The van der Waals surface area contributed by atoms with Crippen LogP contribution in [0.4, 0.5) is 5.13 Å². The summed E-state index contributed by atoms with van der Waals surface area (Å²) in [4.78, 5) is 33.0. The number of fused-ring (bicyclic) bond motifs is 1. The van der Waals surface area contributed by atoms with Gasteiger partial charge in [0.15, 0.2) is 16.7 Å². The highest BCUT2D eigenvalue weighted by Crippen LogP contribution is 2.44. The Bertz CT molecular complexity index is 1500. The monoisotopic (exact) mass is 516 g/mol. The summed E-state index contributed by atoms with van der Waals surface area (Å²) in [6.45, 7) is 6.48. The minimum absolute atomic E-state index is 0.0357. The zero-order valence-electron chi connectivity index (χ0n) is 21.0. The molecule has 0 saturated carbocycles. The maximum absolute atomic E-state index is 13.5. The summed E-state index contributed by atoms with van der Waals surface area (Å²) in [7, 11) is 0. The fraction of sp³-hybridized carbons (Fsp3) is 0.276. The van der Waals surface area contributed by atoms with Crippen molar-refractivity contribution >= 4 is 38.4 Å². The number of aliphatic hydroxyl groups is 1. The van der Waals surface area contributed by atoms with Gasteiger partial charge in [-0.15, -0.1) is 0 Å². The van der Waals surface area contributed by atoms with E-state index in [0.717, 1.165) is 35.0 Å². The Kier molecular flexibility index (Phi) is 6.84. The first-order valence-electron chi connectivity index (χ1n) is 12.3. The molecule has 5 rings (SSSR count). The molecule has 0 saturated heterocycles. The summed E-state index contributed by atoms with van der Waals surface area (Å²) in [6, 6.07) is 15.5. The van der Waals surface area contributed by atoms with E-state index in [0.29, 0.717) is 28.8 Å². The van der Waals surface area contributed by atoms with Gasteiger partial charge < -0.3 is 14.3 Å². The van der Waals surface area contributed by atoms with Crippen LogP contribution in [0.1, 0.15) is 59.7 Å². The molecule has 0 radical (unpaired) electrons. The van der Waals surface area contributed by atoms with Gasteiger partial charge in [-0.25, -0.2) is 4.98 Å². The lowest BCUT2D eigenvalue weighted by atomic mass is 9.95. The third kappa shape index (κ3) is 4.76. The number of benzene rings is 2. The van der Waals surface area contributed by atoms with Crippen LogP contribution >= 0.6 is 11.3 Å². The Labute approximate surface area is 219 Å². The van der Waals surface area contributed by atoms with Crippen molar-refractivity contribution in [2.75, 3.05) is 11.5 Å². The van der Waals surface area contributed by atoms with Crippen LogP contribution in [0.25, 0.3) is 10.2 Å². The van der Waals surface area contributed by atoms with Crippen LogP contribution < -0.4 is 9.64 Å². The number of anilines is 1. The van der Waals surface area contributed by atoms with E-state index in [1.165, 1.54) is 16.2 Å². The number of ketones is 1. The number of Topliss-reactive ketones (excluding diaryl/α,β-unsaturated/α-hetero) is 1. The zero-order valence-corrected chi connectivity index (χ0v) is 21.8. The van der Waals surface area contributed by atoms with E-state index in [9.17, 15) is 14.7 Å². The molecule has 3 heterocycles. The number of nitrogens with zero attached hydrogens (tertiary/aromatic N) is 2. The number of thiazole rings is 1. The van der Waals surface area contributed by atoms with Crippen LogP contribution in [0.5, 0.6) is 5.75 Å². The predicted octanol–water partition coefficient (Wildman–Crippen LogP) is 6.86. The fourth-order valence-electron chi connectivity index (χ4n) is 4.45. The minimum atomic E-state index is -0.874. The van der Waals surface area contributed by atoms with Crippen molar-refractivity contribution < 1.29 is 23.8 Å². The SMILES string of the molecule is CCCCCOc1ccc(C2C(C(=O)c3ccc(C)o3)=C(O)C(=O)N2c2nc3ccc(C)cc3s2)cc1. The molecule has 0 aliphatic carbocycles. The molecule has 190 valence electrons. The van der Waals surface area contributed by atoms with Gasteiger partial charge in [-0.2, -0.15) is 0 Å². The van der Waals surface area contributed by atoms with Gasteiger partial charge >= 0.3 is 0 Å². The van der Waals surface area contributed by atoms with Crippen LogP contribution in [0.15, 0.2) is 70.3 Å². The summed E-state index contributed by atoms with van der Waals surface area (Å²) in [5.74, 6) is -0.481. The van der Waals surface area contributed by atoms with Crippen LogP contribution in [-0.4, -0.2) is 28.4 Å². The Balaban J connectivity index is 1.55. The number of aromatic nitrogens is 1. The number of aryl methyl sites for hydroxylation is 2. The summed E-state index contributed by atoms with van der Waals surface area (Å²) in [5, 5.41) is 11.4. The number of hydrogen-bond acceptors (Lipinski definition) is 7. The summed E-state index contributed by atoms with van der Waals surface area (Å²) >= 11 is 1.34. The maximum atomic E-state index is 13.5. The van der Waals surface area contributed by atoms with Crippen molar-refractivity contribution in [3.63, 3.8) is 0 Å². The van der Waals surface area contributed by atoms with Gasteiger partial charge in [0.1, 0.15) is 11.5 Å². The van der Waals surface area contributed by atoms with E-state index >= 15 is 0 Å². The molecule has 8 heteroatoms. The van der Waals surface area contributed by atoms with Crippen molar-refractivity contribution in [3.8, 4) is 5.75 Å². The molecule has 37 heavy (non-hydrogen) atoms. The maximum Gasteiger partial charge on any atom is 0.296 e. The fourth-order valence-corrected chi connectivity index (χ4v) is 5.54. The molecule has 7 nitrogen and oxygen atoms in total. The third-order valence-electron chi connectivity index (χ3n) is 6.37. The van der Waals surface area contributed by atoms with Gasteiger partial charge in [0.2, 0.25) is 5.78 Å². The molecule has 1 N–H and O–H groups in total. The Morgan fingerprint density at radius 2 is 1.89 bits per heavy atom. The number of furan rings is 1. The van der Waals surface area contributed by atoms with Gasteiger partial charge in [-0.05, 0) is 67.8 Å². The van der Waals surface area contributed by atoms with Crippen molar-refractivity contribution in [3.05, 3.63) is 88.6 Å². The van der Waals surface area contributed by atoms with Gasteiger partial charge in [-0.3, -0.25) is 14.5 Å². The van der Waals surface area contributed by atoms with E-state index in [1.54, 1.807) is 19.1 Å². The largest absolute Gasteiger partial charge is 0.503 e. The first-order valence-corrected chi connectivity index (χ1v) is 13.2. The second kappa shape index (κ2) is 10.2. The molecule has 0 fully saturated rings. The summed E-state index contributed by atoms with van der Waals surface area (Å²) in [6.07, 6.45) is 3.18. The molecular formula is C29H28N2O5S. The van der Waals surface area contributed by atoms with E-state index in [4.69, 9.17) is 9.15 Å². The highest BCUT2D eigenvalue weighted by Gasteiger charge is 2.46. The quantitative estimate of drug-likeness (QED) is 0.193. The number of unbranched alkanes of at least 4 members (excludes halogenated alkanes) is 2. The molecule has 2 aromatic carbocycles. The highest BCUT2D eigenvalue weighted by atomic mass is 32.1. The predicted molar refractivity (Wildman–Crippen MR) is 143 cm³/mol. The Morgan fingerprint density at radius 3 is 2.59 bits per heavy atom. The third-order valence-corrected chi connectivity index (χ3v) is 7.39. The van der Waals surface area contributed by atoms with Gasteiger partial charge in [0.05, 0.1) is 28.4 Å². The van der Waals surface area contributed by atoms with Gasteiger partial charge in [-0.1, -0.05) is 49.3 Å². The number of aliphatic hydroxyl groups excluding tert-OH is 1. The molecule has 4 aromatic rings. The zero-order chi connectivity index (χ0) is 26.1. The number of carbonyl (C=O) groups excluding carboxylic acids is 2. The first kappa shape index (κ1) is 24.8. The standard InChI is InChI=1S/C29H28N2O5S/c1-4-5-6-15-35-20-11-9-19(10-12-20)25-24(26(32)22-14-8-18(3)36-22)27(33)28(34)31(25)29-30-21-13-7-17(2)16-23(21)37-29/h7-14,16,25,33H,4-6,15H2,1-3H3. The lowest BCUT2D eigenvalue weighted by molar-refractivity contribution is -0.117. The molecule has 1 atom stereocenters. The lowest BCUT2D eigenvalue weighted by Crippen LogP contribution is -2.30. The average molecular weight is 517 g/mol. The second-order valence-electron chi connectivity index (χ2n) is 9.17. The van der Waals surface area contributed by atoms with Crippen LogP contribution in [-0.2, 0) is 4.79 Å². The van der Waals surface area contributed by atoms with Crippen molar-refractivity contribution in [1.29, 1.82) is 0 Å². The van der Waals surface area contributed by atoms with E-state index in [-0.39, 0.29) is 11.3 Å². The van der Waals surface area contributed by atoms with Gasteiger partial charge in [0, 0.05) is 0 Å². The Hall–Kier alpha value is -3.91.